The van der Waals surface area contributed by atoms with E-state index >= 15 is 0 Å². The van der Waals surface area contributed by atoms with Gasteiger partial charge in [-0.15, -0.1) is 11.3 Å². The van der Waals surface area contributed by atoms with E-state index in [1.54, 1.807) is 16.0 Å². The molecule has 0 aliphatic carbocycles. The maximum atomic E-state index is 13.6. The third-order valence-electron chi connectivity index (χ3n) is 8.03. The first-order chi connectivity index (χ1) is 21.3. The molecule has 0 bridgehead atoms. The summed E-state index contributed by atoms with van der Waals surface area (Å²) in [5.74, 6) is -1.05. The number of aryl methyl sites for hydroxylation is 1. The molecule has 2 unspecified atom stereocenters. The second-order valence-electron chi connectivity index (χ2n) is 11.1. The number of nitrogens with zero attached hydrogens (tertiary/aromatic N) is 4. The molecule has 0 spiro atoms. The number of hydrogen-bond acceptors (Lipinski definition) is 7. The third kappa shape index (κ3) is 7.49. The fourth-order valence-electron chi connectivity index (χ4n) is 5.82. The first kappa shape index (κ1) is 30.9. The zero-order valence-corrected chi connectivity index (χ0v) is 25.2. The largest absolute Gasteiger partial charge is 0.370 e. The van der Waals surface area contributed by atoms with Crippen molar-refractivity contribution in [2.45, 2.75) is 56.7 Å². The lowest BCUT2D eigenvalue weighted by Crippen LogP contribution is -2.60. The normalized spacial score (nSPS) is 18.4. The number of benzene rings is 2. The van der Waals surface area contributed by atoms with Gasteiger partial charge in [-0.2, -0.15) is 0 Å². The van der Waals surface area contributed by atoms with Crippen LogP contribution in [0, 0.1) is 0 Å². The number of rotatable bonds is 12. The average molecular weight is 616 g/mol. The summed E-state index contributed by atoms with van der Waals surface area (Å²) in [5, 5.41) is 3.20. The lowest BCUT2D eigenvalue weighted by atomic mass is 10.1. The molecular formula is C32H37N7O4S. The molecule has 3 heterocycles. The van der Waals surface area contributed by atoms with E-state index in [9.17, 15) is 19.2 Å². The van der Waals surface area contributed by atoms with Gasteiger partial charge in [0.1, 0.15) is 6.04 Å². The molecule has 3 atom stereocenters. The van der Waals surface area contributed by atoms with Crippen molar-refractivity contribution in [3.05, 3.63) is 77.4 Å². The first-order valence-electron chi connectivity index (χ1n) is 14.8. The van der Waals surface area contributed by atoms with Gasteiger partial charge in [-0.25, -0.2) is 4.98 Å². The van der Waals surface area contributed by atoms with E-state index in [2.05, 4.69) is 15.3 Å². The molecule has 0 saturated carbocycles. The van der Waals surface area contributed by atoms with Gasteiger partial charge in [0.2, 0.25) is 23.5 Å². The molecule has 230 valence electrons. The Balaban J connectivity index is 1.23. The molecule has 2 saturated heterocycles. The number of hydrogen-bond donors (Lipinski definition) is 3. The van der Waals surface area contributed by atoms with Gasteiger partial charge in [0, 0.05) is 25.7 Å². The summed E-state index contributed by atoms with van der Waals surface area (Å²) in [6.45, 7) is 0.640. The summed E-state index contributed by atoms with van der Waals surface area (Å²) in [6.07, 6.45) is 4.40. The fourth-order valence-corrected chi connectivity index (χ4v) is 6.73. The van der Waals surface area contributed by atoms with Crippen LogP contribution >= 0.6 is 11.3 Å². The van der Waals surface area contributed by atoms with E-state index < -0.39 is 12.1 Å². The molecule has 3 amide bonds. The van der Waals surface area contributed by atoms with Gasteiger partial charge >= 0.3 is 0 Å². The maximum Gasteiger partial charge on any atom is 0.243 e. The molecular weight excluding hydrogens is 578 g/mol. The molecule has 3 aromatic rings. The SMILES string of the molecule is NC(N)=NCCCC(NC(=O)C1CC[C@H]2CN(C(=O)CCc3ccccc3)CC(=O)N12)C(=O)c1ncc(-c2ccccc2)s1. The van der Waals surface area contributed by atoms with Gasteiger partial charge in [0.25, 0.3) is 0 Å². The van der Waals surface area contributed by atoms with Crippen molar-refractivity contribution in [1.82, 2.24) is 20.1 Å². The van der Waals surface area contributed by atoms with Crippen molar-refractivity contribution >= 4 is 40.8 Å². The Hall–Kier alpha value is -4.58. The molecule has 0 radical (unpaired) electrons. The topological polar surface area (TPSA) is 164 Å². The number of Topliss-reactive ketones (excluding diaryl/α,β-unsaturated/α-hetero) is 1. The molecule has 1 aromatic heterocycles. The quantitative estimate of drug-likeness (QED) is 0.122. The molecule has 5 rings (SSSR count). The van der Waals surface area contributed by atoms with E-state index in [-0.39, 0.29) is 42.1 Å². The number of piperazine rings is 1. The number of nitrogens with one attached hydrogen (secondary N) is 1. The van der Waals surface area contributed by atoms with Gasteiger partial charge in [-0.1, -0.05) is 60.7 Å². The second-order valence-corrected chi connectivity index (χ2v) is 12.1. The predicted molar refractivity (Wildman–Crippen MR) is 169 cm³/mol. The Morgan fingerprint density at radius 3 is 2.50 bits per heavy atom. The molecule has 12 heteroatoms. The van der Waals surface area contributed by atoms with E-state index in [0.717, 1.165) is 16.0 Å². The van der Waals surface area contributed by atoms with Crippen LogP contribution in [0.3, 0.4) is 0 Å². The molecule has 11 nitrogen and oxygen atoms in total. The monoisotopic (exact) mass is 615 g/mol. The number of amides is 3. The van der Waals surface area contributed by atoms with Crippen molar-refractivity contribution in [2.75, 3.05) is 19.6 Å². The smallest absolute Gasteiger partial charge is 0.243 e. The molecule has 44 heavy (non-hydrogen) atoms. The zero-order valence-electron chi connectivity index (χ0n) is 24.4. The highest BCUT2D eigenvalue weighted by Gasteiger charge is 2.46. The standard InChI is InChI=1S/C32H37N7O4S/c33-32(34)35-17-7-12-24(29(42)31-36-18-26(44-31)22-10-5-2-6-11-22)37-30(43)25-15-14-23-19-38(20-28(41)39(23)25)27(40)16-13-21-8-3-1-4-9-21/h1-6,8-11,18,23-25H,7,12-17,19-20H2,(H,37,43)(H4,33,34,35)/t23-,24?,25?/m0/s1. The zero-order chi connectivity index (χ0) is 31.1. The number of thiazole rings is 1. The number of aliphatic imine (C=N–C) groups is 1. The third-order valence-corrected chi connectivity index (χ3v) is 9.09. The van der Waals surface area contributed by atoms with E-state index in [0.29, 0.717) is 56.6 Å². The van der Waals surface area contributed by atoms with Crippen LogP contribution in [-0.4, -0.2) is 82.0 Å². The summed E-state index contributed by atoms with van der Waals surface area (Å²) in [4.78, 5) is 65.9. The number of nitrogens with two attached hydrogens (primary N) is 2. The number of fused-ring (bicyclic) bond motifs is 1. The van der Waals surface area contributed by atoms with Crippen LogP contribution < -0.4 is 16.8 Å². The number of carbonyl (C=O) groups excluding carboxylic acids is 4. The number of carbonyl (C=O) groups is 4. The van der Waals surface area contributed by atoms with E-state index in [1.165, 1.54) is 11.3 Å². The van der Waals surface area contributed by atoms with Crippen molar-refractivity contribution in [2.24, 2.45) is 16.5 Å². The van der Waals surface area contributed by atoms with Crippen molar-refractivity contribution < 1.29 is 19.2 Å². The highest BCUT2D eigenvalue weighted by Crippen LogP contribution is 2.30. The van der Waals surface area contributed by atoms with Crippen LogP contribution in [0.4, 0.5) is 0 Å². The molecule has 2 aliphatic rings. The summed E-state index contributed by atoms with van der Waals surface area (Å²) < 4.78 is 0. The Morgan fingerprint density at radius 2 is 1.77 bits per heavy atom. The van der Waals surface area contributed by atoms with Gasteiger partial charge < -0.3 is 26.6 Å². The Bertz CT molecular complexity index is 1510. The molecule has 5 N–H and O–H groups in total. The second kappa shape index (κ2) is 14.3. The Labute approximate surface area is 260 Å². The van der Waals surface area contributed by atoms with Gasteiger partial charge in [-0.05, 0) is 43.2 Å². The van der Waals surface area contributed by atoms with Crippen LogP contribution in [0.15, 0.2) is 71.9 Å². The van der Waals surface area contributed by atoms with Crippen LogP contribution in [-0.2, 0) is 20.8 Å². The van der Waals surface area contributed by atoms with Crippen LogP contribution in [0.5, 0.6) is 0 Å². The summed E-state index contributed by atoms with van der Waals surface area (Å²) in [7, 11) is 0. The number of guanidine groups is 1. The molecule has 2 aliphatic heterocycles. The molecule has 2 aromatic carbocycles. The number of ketones is 1. The van der Waals surface area contributed by atoms with Crippen LogP contribution in [0.25, 0.3) is 10.4 Å². The van der Waals surface area contributed by atoms with Crippen LogP contribution in [0.2, 0.25) is 0 Å². The summed E-state index contributed by atoms with van der Waals surface area (Å²) in [6, 6.07) is 17.6. The summed E-state index contributed by atoms with van der Waals surface area (Å²) in [5.41, 5.74) is 12.9. The Morgan fingerprint density at radius 1 is 1.05 bits per heavy atom. The molecule has 2 fully saturated rings. The van der Waals surface area contributed by atoms with Gasteiger partial charge in [-0.3, -0.25) is 24.2 Å². The highest BCUT2D eigenvalue weighted by atomic mass is 32.1. The van der Waals surface area contributed by atoms with Gasteiger partial charge in [0.15, 0.2) is 11.0 Å². The minimum absolute atomic E-state index is 0.0439. The first-order valence-corrected chi connectivity index (χ1v) is 15.7. The maximum absolute atomic E-state index is 13.6. The van der Waals surface area contributed by atoms with Crippen molar-refractivity contribution in [3.8, 4) is 10.4 Å². The van der Waals surface area contributed by atoms with E-state index in [1.807, 2.05) is 60.7 Å². The van der Waals surface area contributed by atoms with Crippen molar-refractivity contribution in [1.29, 1.82) is 0 Å². The summed E-state index contributed by atoms with van der Waals surface area (Å²) >= 11 is 1.27. The van der Waals surface area contributed by atoms with Gasteiger partial charge in [0.05, 0.1) is 23.5 Å². The minimum Gasteiger partial charge on any atom is -0.370 e. The lowest BCUT2D eigenvalue weighted by molar-refractivity contribution is -0.151. The van der Waals surface area contributed by atoms with E-state index in [4.69, 9.17) is 11.5 Å². The minimum atomic E-state index is -0.860. The van der Waals surface area contributed by atoms with Crippen molar-refractivity contribution in [3.63, 3.8) is 0 Å². The lowest BCUT2D eigenvalue weighted by Gasteiger charge is -2.39. The Kier molecular flexibility index (Phi) is 10.0. The fraction of sp³-hybridized carbons (Fsp3) is 0.375. The average Bonchev–Trinajstić information content (AvgIpc) is 3.70. The van der Waals surface area contributed by atoms with Crippen LogP contribution in [0.1, 0.15) is 47.5 Å². The predicted octanol–water partition coefficient (Wildman–Crippen LogP) is 2.37. The number of aromatic nitrogens is 1. The highest BCUT2D eigenvalue weighted by molar-refractivity contribution is 7.17.